The quantitative estimate of drug-likeness (QED) is 0.790. The van der Waals surface area contributed by atoms with E-state index >= 15 is 0 Å². The SMILES string of the molecule is O=S(=O)(c1ccccc1F)N1CCCC(COCc2ccccc2)C1. The Kier molecular flexibility index (Phi) is 5.83. The lowest BCUT2D eigenvalue weighted by Gasteiger charge is -2.31. The molecule has 0 saturated carbocycles. The average molecular weight is 363 g/mol. The maximum Gasteiger partial charge on any atom is 0.245 e. The first kappa shape index (κ1) is 18.0. The summed E-state index contributed by atoms with van der Waals surface area (Å²) in [6.45, 7) is 1.80. The normalized spacial score (nSPS) is 19.0. The van der Waals surface area contributed by atoms with Gasteiger partial charge in [0.1, 0.15) is 10.7 Å². The van der Waals surface area contributed by atoms with Crippen LogP contribution in [0.2, 0.25) is 0 Å². The molecule has 0 spiro atoms. The molecule has 0 radical (unpaired) electrons. The molecule has 1 fully saturated rings. The molecule has 0 amide bonds. The molecular formula is C19H22FNO3S. The second-order valence-electron chi connectivity index (χ2n) is 6.30. The molecule has 1 aliphatic rings. The second-order valence-corrected chi connectivity index (χ2v) is 8.21. The van der Waals surface area contributed by atoms with Crippen molar-refractivity contribution in [1.82, 2.24) is 4.31 Å². The molecule has 134 valence electrons. The standard InChI is InChI=1S/C19H22FNO3S/c20-18-10-4-5-11-19(18)25(22,23)21-12-6-9-17(13-21)15-24-14-16-7-2-1-3-8-16/h1-5,7-8,10-11,17H,6,9,12-15H2. The number of nitrogens with zero attached hydrogens (tertiary/aromatic N) is 1. The van der Waals surface area contributed by atoms with Gasteiger partial charge in [-0.15, -0.1) is 0 Å². The van der Waals surface area contributed by atoms with Crippen molar-refractivity contribution in [2.45, 2.75) is 24.3 Å². The summed E-state index contributed by atoms with van der Waals surface area (Å²) >= 11 is 0. The molecule has 0 aromatic heterocycles. The van der Waals surface area contributed by atoms with E-state index in [0.717, 1.165) is 18.4 Å². The summed E-state index contributed by atoms with van der Waals surface area (Å²) in [6.07, 6.45) is 1.67. The van der Waals surface area contributed by atoms with Crippen molar-refractivity contribution < 1.29 is 17.5 Å². The number of sulfonamides is 1. The summed E-state index contributed by atoms with van der Waals surface area (Å²) < 4.78 is 46.4. The van der Waals surface area contributed by atoms with E-state index in [0.29, 0.717) is 26.3 Å². The van der Waals surface area contributed by atoms with Crippen LogP contribution in [0.3, 0.4) is 0 Å². The van der Waals surface area contributed by atoms with Gasteiger partial charge in [-0.3, -0.25) is 0 Å². The highest BCUT2D eigenvalue weighted by molar-refractivity contribution is 7.89. The van der Waals surface area contributed by atoms with Gasteiger partial charge in [0, 0.05) is 13.1 Å². The minimum absolute atomic E-state index is 0.124. The minimum atomic E-state index is -3.80. The predicted octanol–water partition coefficient (Wildman–Crippen LogP) is 3.44. The molecule has 6 heteroatoms. The zero-order valence-corrected chi connectivity index (χ0v) is 14.8. The van der Waals surface area contributed by atoms with Crippen molar-refractivity contribution in [1.29, 1.82) is 0 Å². The van der Waals surface area contributed by atoms with Gasteiger partial charge in [0.15, 0.2) is 0 Å². The number of halogens is 1. The van der Waals surface area contributed by atoms with Crippen LogP contribution >= 0.6 is 0 Å². The van der Waals surface area contributed by atoms with Gasteiger partial charge in [-0.2, -0.15) is 4.31 Å². The van der Waals surface area contributed by atoms with Crippen LogP contribution in [-0.4, -0.2) is 32.4 Å². The number of hydrogen-bond donors (Lipinski definition) is 0. The average Bonchev–Trinajstić information content (AvgIpc) is 2.63. The lowest BCUT2D eigenvalue weighted by Crippen LogP contribution is -2.41. The summed E-state index contributed by atoms with van der Waals surface area (Å²) in [6, 6.07) is 15.4. The molecule has 3 rings (SSSR count). The predicted molar refractivity (Wildman–Crippen MR) is 94.0 cm³/mol. The molecule has 1 atom stereocenters. The number of hydrogen-bond acceptors (Lipinski definition) is 3. The monoisotopic (exact) mass is 363 g/mol. The first-order valence-electron chi connectivity index (χ1n) is 8.44. The fourth-order valence-corrected chi connectivity index (χ4v) is 4.71. The minimum Gasteiger partial charge on any atom is -0.376 e. The Hall–Kier alpha value is -1.76. The van der Waals surface area contributed by atoms with Gasteiger partial charge in [-0.1, -0.05) is 42.5 Å². The number of piperidine rings is 1. The van der Waals surface area contributed by atoms with Crippen LogP contribution in [0, 0.1) is 11.7 Å². The van der Waals surface area contributed by atoms with Crippen LogP contribution in [0.5, 0.6) is 0 Å². The zero-order valence-electron chi connectivity index (χ0n) is 14.0. The maximum absolute atomic E-state index is 13.9. The molecule has 1 saturated heterocycles. The summed E-state index contributed by atoms with van der Waals surface area (Å²) in [5, 5.41) is 0. The highest BCUT2D eigenvalue weighted by Crippen LogP contribution is 2.25. The van der Waals surface area contributed by atoms with Gasteiger partial charge in [-0.05, 0) is 36.5 Å². The smallest absolute Gasteiger partial charge is 0.245 e. The highest BCUT2D eigenvalue weighted by Gasteiger charge is 2.31. The molecule has 0 aliphatic carbocycles. The Balaban J connectivity index is 1.60. The van der Waals surface area contributed by atoms with Crippen LogP contribution in [0.25, 0.3) is 0 Å². The number of ether oxygens (including phenoxy) is 1. The van der Waals surface area contributed by atoms with E-state index in [9.17, 15) is 12.8 Å². The van der Waals surface area contributed by atoms with Gasteiger partial charge in [0.25, 0.3) is 0 Å². The third-order valence-corrected chi connectivity index (χ3v) is 6.30. The van der Waals surface area contributed by atoms with Crippen LogP contribution in [0.15, 0.2) is 59.5 Å². The molecule has 1 heterocycles. The van der Waals surface area contributed by atoms with Crippen molar-refractivity contribution in [2.24, 2.45) is 5.92 Å². The van der Waals surface area contributed by atoms with E-state index in [2.05, 4.69) is 0 Å². The van der Waals surface area contributed by atoms with Crippen molar-refractivity contribution in [3.8, 4) is 0 Å². The fourth-order valence-electron chi connectivity index (χ4n) is 3.09. The van der Waals surface area contributed by atoms with Crippen molar-refractivity contribution in [3.05, 3.63) is 66.0 Å². The van der Waals surface area contributed by atoms with E-state index in [4.69, 9.17) is 4.74 Å². The highest BCUT2D eigenvalue weighted by atomic mass is 32.2. The van der Waals surface area contributed by atoms with Crippen LogP contribution in [0.1, 0.15) is 18.4 Å². The lowest BCUT2D eigenvalue weighted by molar-refractivity contribution is 0.0672. The summed E-state index contributed by atoms with van der Waals surface area (Å²) in [4.78, 5) is -0.249. The largest absolute Gasteiger partial charge is 0.376 e. The molecule has 4 nitrogen and oxygen atoms in total. The third-order valence-electron chi connectivity index (χ3n) is 4.40. The van der Waals surface area contributed by atoms with Gasteiger partial charge in [0.2, 0.25) is 10.0 Å². The topological polar surface area (TPSA) is 46.6 Å². The first-order chi connectivity index (χ1) is 12.1. The third kappa shape index (κ3) is 4.45. The Labute approximate surface area is 148 Å². The van der Waals surface area contributed by atoms with E-state index in [1.807, 2.05) is 30.3 Å². The van der Waals surface area contributed by atoms with Crippen molar-refractivity contribution in [3.63, 3.8) is 0 Å². The molecule has 0 N–H and O–H groups in total. The van der Waals surface area contributed by atoms with E-state index in [1.165, 1.54) is 22.5 Å². The van der Waals surface area contributed by atoms with E-state index in [-0.39, 0.29) is 10.8 Å². The molecule has 1 aliphatic heterocycles. The van der Waals surface area contributed by atoms with Crippen molar-refractivity contribution in [2.75, 3.05) is 19.7 Å². The van der Waals surface area contributed by atoms with Crippen LogP contribution in [-0.2, 0) is 21.4 Å². The van der Waals surface area contributed by atoms with Crippen molar-refractivity contribution >= 4 is 10.0 Å². The van der Waals surface area contributed by atoms with Crippen LogP contribution < -0.4 is 0 Å². The van der Waals surface area contributed by atoms with Crippen LogP contribution in [0.4, 0.5) is 4.39 Å². The fraction of sp³-hybridized carbons (Fsp3) is 0.368. The first-order valence-corrected chi connectivity index (χ1v) is 9.88. The van der Waals surface area contributed by atoms with Gasteiger partial charge >= 0.3 is 0 Å². The van der Waals surface area contributed by atoms with E-state index in [1.54, 1.807) is 6.07 Å². The molecule has 25 heavy (non-hydrogen) atoms. The van der Waals surface area contributed by atoms with Gasteiger partial charge < -0.3 is 4.74 Å². The Bertz CT molecular complexity index is 795. The lowest BCUT2D eigenvalue weighted by atomic mass is 10.0. The molecule has 0 bridgehead atoms. The molecular weight excluding hydrogens is 341 g/mol. The Morgan fingerprint density at radius 3 is 2.56 bits per heavy atom. The summed E-state index contributed by atoms with van der Waals surface area (Å²) in [7, 11) is -3.80. The zero-order chi connectivity index (χ0) is 17.7. The molecule has 1 unspecified atom stereocenters. The molecule has 2 aromatic rings. The Morgan fingerprint density at radius 1 is 1.08 bits per heavy atom. The second kappa shape index (κ2) is 8.08. The van der Waals surface area contributed by atoms with E-state index < -0.39 is 15.8 Å². The summed E-state index contributed by atoms with van der Waals surface area (Å²) in [5.74, 6) is -0.580. The maximum atomic E-state index is 13.9. The summed E-state index contributed by atoms with van der Waals surface area (Å²) in [5.41, 5.74) is 1.09. The molecule has 2 aromatic carbocycles. The number of benzene rings is 2. The van der Waals surface area contributed by atoms with Gasteiger partial charge in [-0.25, -0.2) is 12.8 Å². The van der Waals surface area contributed by atoms with Gasteiger partial charge in [0.05, 0.1) is 13.2 Å². The Morgan fingerprint density at radius 2 is 1.80 bits per heavy atom. The number of rotatable bonds is 6.